The van der Waals surface area contributed by atoms with Crippen LogP contribution in [0.1, 0.15) is 51.6 Å². The summed E-state index contributed by atoms with van der Waals surface area (Å²) in [6, 6.07) is 3.35. The molecule has 0 saturated heterocycles. The Morgan fingerprint density at radius 3 is 2.66 bits per heavy atom. The van der Waals surface area contributed by atoms with Crippen molar-refractivity contribution in [1.29, 1.82) is 5.26 Å². The van der Waals surface area contributed by atoms with Crippen molar-refractivity contribution >= 4 is 16.9 Å². The molecule has 4 atom stereocenters. The molecule has 2 aliphatic carbocycles. The summed E-state index contributed by atoms with van der Waals surface area (Å²) in [4.78, 5) is 16.4. The monoisotopic (exact) mass is 444 g/mol. The Balaban J connectivity index is 1.59. The van der Waals surface area contributed by atoms with Crippen LogP contribution in [0, 0.1) is 34.8 Å². The summed E-state index contributed by atoms with van der Waals surface area (Å²) in [5.41, 5.74) is -1.36. The largest absolute Gasteiger partial charge is 0.444 e. The number of carbonyl (C=O) groups is 1. The number of aliphatic hydroxyl groups excluding tert-OH is 1. The fourth-order valence-electron chi connectivity index (χ4n) is 4.35. The molecule has 0 radical (unpaired) electrons. The first-order chi connectivity index (χ1) is 15.1. The second kappa shape index (κ2) is 7.94. The third kappa shape index (κ3) is 4.25. The van der Waals surface area contributed by atoms with Crippen molar-refractivity contribution in [2.24, 2.45) is 11.8 Å². The molecule has 0 aliphatic heterocycles. The van der Waals surface area contributed by atoms with Gasteiger partial charge in [-0.2, -0.15) is 5.26 Å². The highest BCUT2D eigenvalue weighted by atomic mass is 19.2. The summed E-state index contributed by atoms with van der Waals surface area (Å²) >= 11 is 0. The van der Waals surface area contributed by atoms with Crippen LogP contribution in [0.25, 0.3) is 10.8 Å². The van der Waals surface area contributed by atoms with Crippen molar-refractivity contribution in [3.05, 3.63) is 41.7 Å². The average Bonchev–Trinajstić information content (AvgIpc) is 3.62. The summed E-state index contributed by atoms with van der Waals surface area (Å²) < 4.78 is 33.2. The van der Waals surface area contributed by atoms with E-state index in [1.54, 1.807) is 20.8 Å². The normalized spacial score (nSPS) is 24.5. The van der Waals surface area contributed by atoms with Gasteiger partial charge in [0.25, 0.3) is 0 Å². The van der Waals surface area contributed by atoms with E-state index < -0.39 is 41.1 Å². The van der Waals surface area contributed by atoms with Crippen molar-refractivity contribution in [2.45, 2.75) is 63.4 Å². The van der Waals surface area contributed by atoms with Crippen molar-refractivity contribution in [2.75, 3.05) is 0 Å². The topological polar surface area (TPSA) is 107 Å². The maximum absolute atomic E-state index is 14.2. The molecule has 2 fully saturated rings. The van der Waals surface area contributed by atoms with E-state index in [0.29, 0.717) is 23.3 Å². The number of hydrogen-bond acceptors (Lipinski definition) is 6. The summed E-state index contributed by atoms with van der Waals surface area (Å²) in [6.45, 7) is 5.25. The van der Waals surface area contributed by atoms with Crippen molar-refractivity contribution in [3.63, 3.8) is 0 Å². The number of aromatic nitrogens is 1. The molecule has 2 aromatic rings. The lowest BCUT2D eigenvalue weighted by Crippen LogP contribution is -2.55. The van der Waals surface area contributed by atoms with E-state index in [1.807, 2.05) is 0 Å². The smallest absolute Gasteiger partial charge is 0.408 e. The lowest BCUT2D eigenvalue weighted by atomic mass is 10.0. The van der Waals surface area contributed by atoms with Gasteiger partial charge in [0.05, 0.1) is 11.6 Å². The number of fused-ring (bicyclic) bond motifs is 1. The predicted molar refractivity (Wildman–Crippen MR) is 112 cm³/mol. The first-order valence-corrected chi connectivity index (χ1v) is 10.6. The molecule has 1 amide bonds. The van der Waals surface area contributed by atoms with Gasteiger partial charge in [-0.3, -0.25) is 10.3 Å². The summed E-state index contributed by atoms with van der Waals surface area (Å²) in [7, 11) is 0. The highest BCUT2D eigenvalue weighted by molar-refractivity contribution is 5.86. The number of benzene rings is 1. The van der Waals surface area contributed by atoms with Gasteiger partial charge in [0, 0.05) is 23.3 Å². The lowest BCUT2D eigenvalue weighted by molar-refractivity contribution is 0.0285. The molecule has 0 bridgehead atoms. The minimum atomic E-state index is -1.26. The van der Waals surface area contributed by atoms with Crippen LogP contribution in [0.2, 0.25) is 0 Å². The van der Waals surface area contributed by atoms with Gasteiger partial charge in [0.1, 0.15) is 17.9 Å². The minimum absolute atomic E-state index is 0.0529. The fourth-order valence-corrected chi connectivity index (χ4v) is 4.35. The zero-order valence-electron chi connectivity index (χ0n) is 18.2. The van der Waals surface area contributed by atoms with Gasteiger partial charge in [-0.05, 0) is 63.3 Å². The average molecular weight is 444 g/mol. The van der Waals surface area contributed by atoms with Gasteiger partial charge in [-0.25, -0.2) is 13.6 Å². The Labute approximate surface area is 184 Å². The van der Waals surface area contributed by atoms with Gasteiger partial charge in [-0.15, -0.1) is 0 Å². The number of nitrogens with one attached hydrogen (secondary N) is 2. The quantitative estimate of drug-likeness (QED) is 0.587. The third-order valence-electron chi connectivity index (χ3n) is 6.10. The van der Waals surface area contributed by atoms with Gasteiger partial charge in [0.2, 0.25) is 0 Å². The second-order valence-electron chi connectivity index (χ2n) is 9.63. The van der Waals surface area contributed by atoms with Gasteiger partial charge in [0.15, 0.2) is 11.6 Å². The van der Waals surface area contributed by atoms with E-state index in [-0.39, 0.29) is 11.3 Å². The van der Waals surface area contributed by atoms with E-state index in [1.165, 1.54) is 18.5 Å². The maximum atomic E-state index is 14.2. The van der Waals surface area contributed by atoms with Crippen LogP contribution in [0.4, 0.5) is 13.6 Å². The molecular formula is C23H26F2N4O3. The molecule has 2 saturated carbocycles. The van der Waals surface area contributed by atoms with Crippen LogP contribution in [-0.4, -0.2) is 33.6 Å². The Morgan fingerprint density at radius 2 is 2.03 bits per heavy atom. The molecule has 1 heterocycles. The molecule has 32 heavy (non-hydrogen) atoms. The van der Waals surface area contributed by atoms with Crippen LogP contribution in [0.5, 0.6) is 0 Å². The Hall–Kier alpha value is -2.83. The van der Waals surface area contributed by atoms with Crippen LogP contribution >= 0.6 is 0 Å². The van der Waals surface area contributed by atoms with Crippen LogP contribution in [-0.2, 0) is 4.74 Å². The van der Waals surface area contributed by atoms with E-state index >= 15 is 0 Å². The Kier molecular flexibility index (Phi) is 5.55. The molecular weight excluding hydrogens is 418 g/mol. The maximum Gasteiger partial charge on any atom is 0.408 e. The summed E-state index contributed by atoms with van der Waals surface area (Å²) in [5, 5.41) is 26.8. The summed E-state index contributed by atoms with van der Waals surface area (Å²) in [6.07, 6.45) is 3.27. The number of pyridine rings is 1. The van der Waals surface area contributed by atoms with Crippen molar-refractivity contribution < 1.29 is 23.4 Å². The number of carbonyl (C=O) groups excluding carboxylic acids is 1. The molecule has 3 N–H and O–H groups in total. The number of aliphatic hydroxyl groups is 1. The van der Waals surface area contributed by atoms with E-state index in [9.17, 15) is 23.9 Å². The number of amides is 1. The predicted octanol–water partition coefficient (Wildman–Crippen LogP) is 3.68. The molecule has 9 heteroatoms. The fraction of sp³-hybridized carbons (Fsp3) is 0.522. The second-order valence-corrected chi connectivity index (χ2v) is 9.63. The van der Waals surface area contributed by atoms with Crippen LogP contribution in [0.15, 0.2) is 24.5 Å². The number of halogens is 2. The molecule has 0 spiro atoms. The van der Waals surface area contributed by atoms with Gasteiger partial charge < -0.3 is 15.2 Å². The molecule has 4 unspecified atom stereocenters. The van der Waals surface area contributed by atoms with Crippen molar-refractivity contribution in [3.8, 4) is 6.07 Å². The number of nitriles is 1. The number of ether oxygens (including phenoxy) is 1. The van der Waals surface area contributed by atoms with Gasteiger partial charge >= 0.3 is 6.09 Å². The zero-order chi connectivity index (χ0) is 23.3. The summed E-state index contributed by atoms with van der Waals surface area (Å²) in [5.74, 6) is -1.59. The first-order valence-electron chi connectivity index (χ1n) is 10.6. The SMILES string of the molecule is CC(C)(C)OC(=O)NC1(C(O)NC(C#N)c2cncc3c(F)c(F)ccc23)CC1C1CC1. The molecule has 2 aliphatic rings. The number of rotatable bonds is 6. The standard InChI is InChI=1S/C23H26F2N4O3/c1-22(2,3)32-21(31)29-23(8-16(23)12-4-5-12)20(30)28-18(9-26)14-10-27-11-15-13(14)6-7-17(24)19(15)25/h6-7,10-12,16,18,20,28,30H,4-5,8H2,1-3H3,(H,29,31). The van der Waals surface area contributed by atoms with Crippen LogP contribution in [0.3, 0.4) is 0 Å². The number of nitrogens with zero attached hydrogens (tertiary/aromatic N) is 2. The lowest BCUT2D eigenvalue weighted by Gasteiger charge is -2.30. The number of alkyl carbamates (subject to hydrolysis) is 1. The number of hydrogen-bond donors (Lipinski definition) is 3. The van der Waals surface area contributed by atoms with Crippen LogP contribution < -0.4 is 10.6 Å². The van der Waals surface area contributed by atoms with E-state index in [0.717, 1.165) is 18.9 Å². The molecule has 1 aromatic heterocycles. The highest BCUT2D eigenvalue weighted by Gasteiger charge is 2.65. The third-order valence-corrected chi connectivity index (χ3v) is 6.10. The zero-order valence-corrected chi connectivity index (χ0v) is 18.2. The molecule has 4 rings (SSSR count). The minimum Gasteiger partial charge on any atom is -0.444 e. The Morgan fingerprint density at radius 1 is 1.31 bits per heavy atom. The first kappa shape index (κ1) is 22.4. The van der Waals surface area contributed by atoms with Gasteiger partial charge in [-0.1, -0.05) is 6.07 Å². The highest BCUT2D eigenvalue weighted by Crippen LogP contribution is 2.58. The van der Waals surface area contributed by atoms with E-state index in [2.05, 4.69) is 21.7 Å². The molecule has 7 nitrogen and oxygen atoms in total. The Bertz CT molecular complexity index is 1090. The molecule has 1 aromatic carbocycles. The van der Waals surface area contributed by atoms with E-state index in [4.69, 9.17) is 4.74 Å². The molecule has 170 valence electrons. The van der Waals surface area contributed by atoms with Crippen molar-refractivity contribution in [1.82, 2.24) is 15.6 Å².